The Balaban J connectivity index is 1.67. The van der Waals surface area contributed by atoms with Gasteiger partial charge in [-0.05, 0) is 23.8 Å². The number of benzene rings is 3. The van der Waals surface area contributed by atoms with E-state index in [2.05, 4.69) is 15.9 Å². The summed E-state index contributed by atoms with van der Waals surface area (Å²) in [5.74, 6) is -1.23. The minimum Gasteiger partial charge on any atom is -0.457 e. The zero-order chi connectivity index (χ0) is 19.0. The quantitative estimate of drug-likeness (QED) is 0.455. The normalized spacial score (nSPS) is 12.3. The lowest BCUT2D eigenvalue weighted by atomic mass is 9.82. The topological polar surface area (TPSA) is 60.4 Å². The zero-order valence-electron chi connectivity index (χ0n) is 14.1. The molecule has 0 heterocycles. The van der Waals surface area contributed by atoms with Crippen molar-refractivity contribution in [2.75, 3.05) is 0 Å². The average Bonchev–Trinajstić information content (AvgIpc) is 2.71. The fraction of sp³-hybridized carbons (Fsp3) is 0.0455. The van der Waals surface area contributed by atoms with E-state index in [4.69, 9.17) is 4.74 Å². The Kier molecular flexibility index (Phi) is 4.46. The van der Waals surface area contributed by atoms with Gasteiger partial charge in [-0.3, -0.25) is 9.59 Å². The first-order valence-corrected chi connectivity index (χ1v) is 9.08. The molecule has 0 N–H and O–H groups in total. The lowest BCUT2D eigenvalue weighted by Gasteiger charge is -2.19. The molecular weight excluding hydrogens is 408 g/mol. The van der Waals surface area contributed by atoms with E-state index in [1.165, 1.54) is 6.07 Å². The summed E-state index contributed by atoms with van der Waals surface area (Å²) in [7, 11) is 0. The highest BCUT2D eigenvalue weighted by Gasteiger charge is 2.33. The van der Waals surface area contributed by atoms with Crippen molar-refractivity contribution in [2.45, 2.75) is 6.61 Å². The highest BCUT2D eigenvalue weighted by atomic mass is 79.9. The van der Waals surface area contributed by atoms with Crippen LogP contribution in [0.15, 0.2) is 71.2 Å². The Morgan fingerprint density at radius 2 is 1.41 bits per heavy atom. The minimum absolute atomic E-state index is 0.0779. The summed E-state index contributed by atoms with van der Waals surface area (Å²) in [5.41, 5.74) is 1.94. The van der Waals surface area contributed by atoms with Gasteiger partial charge in [-0.2, -0.15) is 0 Å². The maximum atomic E-state index is 12.9. The zero-order valence-corrected chi connectivity index (χ0v) is 15.7. The Hall–Kier alpha value is -3.05. The molecule has 1 aliphatic rings. The standard InChI is InChI=1S/C22H13BrO4/c23-14-10-8-13(9-11-14)12-27-22(26)18-7-3-6-17-19(18)21(25)16-5-2-1-4-15(16)20(17)24/h1-11H,12H2. The summed E-state index contributed by atoms with van der Waals surface area (Å²) in [6.07, 6.45) is 0. The molecule has 0 radical (unpaired) electrons. The van der Waals surface area contributed by atoms with Gasteiger partial charge in [0.2, 0.25) is 0 Å². The second-order valence-electron chi connectivity index (χ2n) is 6.13. The van der Waals surface area contributed by atoms with Gasteiger partial charge in [-0.1, -0.05) is 64.5 Å². The molecule has 0 bridgehead atoms. The van der Waals surface area contributed by atoms with Crippen LogP contribution in [-0.2, 0) is 11.3 Å². The average molecular weight is 421 g/mol. The van der Waals surface area contributed by atoms with Gasteiger partial charge in [-0.25, -0.2) is 4.79 Å². The van der Waals surface area contributed by atoms with Gasteiger partial charge in [0.05, 0.1) is 5.56 Å². The van der Waals surface area contributed by atoms with Crippen molar-refractivity contribution in [1.29, 1.82) is 0 Å². The first-order valence-electron chi connectivity index (χ1n) is 8.29. The first kappa shape index (κ1) is 17.4. The number of ketones is 2. The van der Waals surface area contributed by atoms with Crippen LogP contribution in [0.1, 0.15) is 47.8 Å². The maximum Gasteiger partial charge on any atom is 0.339 e. The Morgan fingerprint density at radius 1 is 0.778 bits per heavy atom. The maximum absolute atomic E-state index is 12.9. The van der Waals surface area contributed by atoms with Crippen LogP contribution >= 0.6 is 15.9 Å². The molecule has 0 fully saturated rings. The summed E-state index contributed by atoms with van der Waals surface area (Å²) < 4.78 is 6.30. The van der Waals surface area contributed by atoms with Gasteiger partial charge in [0.1, 0.15) is 6.61 Å². The van der Waals surface area contributed by atoms with E-state index in [-0.39, 0.29) is 34.9 Å². The molecule has 4 nitrogen and oxygen atoms in total. The van der Waals surface area contributed by atoms with Crippen LogP contribution in [0.5, 0.6) is 0 Å². The number of carbonyl (C=O) groups is 3. The van der Waals surface area contributed by atoms with Gasteiger partial charge < -0.3 is 4.74 Å². The van der Waals surface area contributed by atoms with Gasteiger partial charge in [0.25, 0.3) is 0 Å². The second-order valence-corrected chi connectivity index (χ2v) is 7.05. The molecule has 0 aromatic heterocycles. The first-order chi connectivity index (χ1) is 13.1. The van der Waals surface area contributed by atoms with Crippen molar-refractivity contribution in [1.82, 2.24) is 0 Å². The molecule has 0 aliphatic heterocycles. The molecule has 3 aromatic carbocycles. The lowest BCUT2D eigenvalue weighted by Crippen LogP contribution is -2.24. The van der Waals surface area contributed by atoms with Crippen molar-refractivity contribution in [3.8, 4) is 0 Å². The van der Waals surface area contributed by atoms with Crippen molar-refractivity contribution >= 4 is 33.5 Å². The van der Waals surface area contributed by atoms with Crippen LogP contribution in [-0.4, -0.2) is 17.5 Å². The molecule has 0 atom stereocenters. The number of hydrogen-bond acceptors (Lipinski definition) is 4. The molecule has 4 rings (SSSR count). The molecule has 5 heteroatoms. The summed E-state index contributed by atoms with van der Waals surface area (Å²) >= 11 is 3.35. The molecule has 0 unspecified atom stereocenters. The Labute approximate surface area is 163 Å². The van der Waals surface area contributed by atoms with E-state index >= 15 is 0 Å². The molecule has 132 valence electrons. The number of esters is 1. The predicted molar refractivity (Wildman–Crippen MR) is 103 cm³/mol. The second kappa shape index (κ2) is 6.93. The molecule has 0 amide bonds. The Morgan fingerprint density at radius 3 is 2.11 bits per heavy atom. The number of fused-ring (bicyclic) bond motifs is 2. The van der Waals surface area contributed by atoms with Crippen molar-refractivity contribution in [2.24, 2.45) is 0 Å². The van der Waals surface area contributed by atoms with Crippen molar-refractivity contribution < 1.29 is 19.1 Å². The number of hydrogen-bond donors (Lipinski definition) is 0. The largest absolute Gasteiger partial charge is 0.457 e. The van der Waals surface area contributed by atoms with Crippen LogP contribution in [0, 0.1) is 0 Å². The summed E-state index contributed by atoms with van der Waals surface area (Å²) in [6, 6.07) is 18.7. The highest BCUT2D eigenvalue weighted by molar-refractivity contribution is 9.10. The van der Waals surface area contributed by atoms with Gasteiger partial charge in [0.15, 0.2) is 11.6 Å². The lowest BCUT2D eigenvalue weighted by molar-refractivity contribution is 0.0470. The Bertz CT molecular complexity index is 1080. The number of halogens is 1. The van der Waals surface area contributed by atoms with Crippen LogP contribution in [0.25, 0.3) is 0 Å². The van der Waals surface area contributed by atoms with E-state index in [1.54, 1.807) is 36.4 Å². The number of rotatable bonds is 3. The molecule has 3 aromatic rings. The monoisotopic (exact) mass is 420 g/mol. The molecule has 27 heavy (non-hydrogen) atoms. The van der Waals surface area contributed by atoms with Crippen LogP contribution in [0.3, 0.4) is 0 Å². The SMILES string of the molecule is O=C(OCc1ccc(Br)cc1)c1cccc2c1C(=O)c1ccccc1C2=O. The van der Waals surface area contributed by atoms with E-state index in [1.807, 2.05) is 24.3 Å². The number of carbonyl (C=O) groups excluding carboxylic acids is 3. The van der Waals surface area contributed by atoms with E-state index < -0.39 is 5.97 Å². The number of ether oxygens (including phenoxy) is 1. The van der Waals surface area contributed by atoms with Crippen molar-refractivity contribution in [3.63, 3.8) is 0 Å². The molecule has 0 saturated heterocycles. The molecule has 0 saturated carbocycles. The fourth-order valence-corrected chi connectivity index (χ4v) is 3.39. The third kappa shape index (κ3) is 3.11. The van der Waals surface area contributed by atoms with Gasteiger partial charge in [0, 0.05) is 26.7 Å². The van der Waals surface area contributed by atoms with Crippen LogP contribution < -0.4 is 0 Å². The van der Waals surface area contributed by atoms with E-state index in [0.29, 0.717) is 11.1 Å². The molecular formula is C22H13BrO4. The smallest absolute Gasteiger partial charge is 0.339 e. The summed E-state index contributed by atoms with van der Waals surface area (Å²) in [6.45, 7) is 0.0779. The predicted octanol–water partition coefficient (Wildman–Crippen LogP) is 4.58. The molecule has 0 spiro atoms. The third-order valence-electron chi connectivity index (χ3n) is 4.46. The summed E-state index contributed by atoms with van der Waals surface area (Å²) in [4.78, 5) is 38.3. The van der Waals surface area contributed by atoms with E-state index in [9.17, 15) is 14.4 Å². The van der Waals surface area contributed by atoms with Crippen LogP contribution in [0.4, 0.5) is 0 Å². The van der Waals surface area contributed by atoms with Crippen molar-refractivity contribution in [3.05, 3.63) is 105 Å². The molecule has 1 aliphatic carbocycles. The summed E-state index contributed by atoms with van der Waals surface area (Å²) in [5, 5.41) is 0. The van der Waals surface area contributed by atoms with Gasteiger partial charge >= 0.3 is 5.97 Å². The fourth-order valence-electron chi connectivity index (χ4n) is 3.12. The van der Waals surface area contributed by atoms with E-state index in [0.717, 1.165) is 10.0 Å². The van der Waals surface area contributed by atoms with Crippen LogP contribution in [0.2, 0.25) is 0 Å². The third-order valence-corrected chi connectivity index (χ3v) is 4.98. The van der Waals surface area contributed by atoms with Gasteiger partial charge in [-0.15, -0.1) is 0 Å². The highest BCUT2D eigenvalue weighted by Crippen LogP contribution is 2.30. The minimum atomic E-state index is -0.629.